The van der Waals surface area contributed by atoms with E-state index in [1.807, 2.05) is 18.3 Å². The first-order valence-electron chi connectivity index (χ1n) is 14.3. The average molecular weight is 547 g/mol. The fourth-order valence-corrected chi connectivity index (χ4v) is 5.95. The number of likely N-dealkylation sites (tertiary alicyclic amines) is 1. The van der Waals surface area contributed by atoms with Crippen molar-refractivity contribution in [3.05, 3.63) is 106 Å². The number of nitrogens with zero attached hydrogens (tertiary/aromatic N) is 4. The number of nitriles is 1. The van der Waals surface area contributed by atoms with Crippen molar-refractivity contribution in [1.29, 1.82) is 5.26 Å². The number of hydrogen-bond acceptors (Lipinski definition) is 7. The Labute approximate surface area is 241 Å². The molecule has 208 valence electrons. The molecule has 7 heteroatoms. The summed E-state index contributed by atoms with van der Waals surface area (Å²) < 4.78 is 13.0. The molecule has 0 spiro atoms. The van der Waals surface area contributed by atoms with Crippen molar-refractivity contribution in [1.82, 2.24) is 14.9 Å². The monoisotopic (exact) mass is 546 g/mol. The minimum atomic E-state index is 0.170. The molecule has 1 atom stereocenters. The molecule has 41 heavy (non-hydrogen) atoms. The van der Waals surface area contributed by atoms with Gasteiger partial charge < -0.3 is 14.6 Å². The summed E-state index contributed by atoms with van der Waals surface area (Å²) >= 11 is 0. The van der Waals surface area contributed by atoms with Crippen LogP contribution in [0.15, 0.2) is 67.3 Å². The molecule has 2 aromatic carbocycles. The van der Waals surface area contributed by atoms with Gasteiger partial charge in [-0.2, -0.15) is 5.26 Å². The molecule has 1 aliphatic heterocycles. The summed E-state index contributed by atoms with van der Waals surface area (Å²) in [5, 5.41) is 19.1. The minimum Gasteiger partial charge on any atom is -0.488 e. The molecule has 2 aromatic heterocycles. The molecule has 0 radical (unpaired) electrons. The van der Waals surface area contributed by atoms with Gasteiger partial charge in [0.25, 0.3) is 0 Å². The van der Waals surface area contributed by atoms with Gasteiger partial charge in [-0.05, 0) is 72.6 Å². The second-order valence-corrected chi connectivity index (χ2v) is 10.9. The Bertz CT molecular complexity index is 1580. The lowest BCUT2D eigenvalue weighted by atomic mass is 9.96. The Morgan fingerprint density at radius 2 is 1.88 bits per heavy atom. The van der Waals surface area contributed by atoms with E-state index in [0.717, 1.165) is 72.5 Å². The van der Waals surface area contributed by atoms with Crippen LogP contribution in [0.5, 0.6) is 11.5 Å². The van der Waals surface area contributed by atoms with Crippen LogP contribution in [0.25, 0.3) is 11.1 Å². The summed E-state index contributed by atoms with van der Waals surface area (Å²) in [5.74, 6) is 1.67. The van der Waals surface area contributed by atoms with Gasteiger partial charge in [-0.25, -0.2) is 0 Å². The van der Waals surface area contributed by atoms with Crippen molar-refractivity contribution in [2.45, 2.75) is 58.4 Å². The number of benzene rings is 2. The number of aromatic nitrogens is 2. The SMILES string of the molecule is Cc1c(COc2cc(OCc3cncc(C#N)c3)c(CN3CCC3CO)c3c2CCC3)cccc1-c1cccnc1. The van der Waals surface area contributed by atoms with E-state index in [2.05, 4.69) is 58.2 Å². The number of ether oxygens (including phenoxy) is 2. The molecule has 0 saturated carbocycles. The Hall–Kier alpha value is -4.25. The Morgan fingerprint density at radius 1 is 1.00 bits per heavy atom. The van der Waals surface area contributed by atoms with Gasteiger partial charge in [-0.1, -0.05) is 24.3 Å². The molecule has 4 aromatic rings. The summed E-state index contributed by atoms with van der Waals surface area (Å²) in [7, 11) is 0. The number of fused-ring (bicyclic) bond motifs is 1. The molecule has 1 saturated heterocycles. The van der Waals surface area contributed by atoms with Crippen LogP contribution < -0.4 is 9.47 Å². The lowest BCUT2D eigenvalue weighted by Crippen LogP contribution is -2.49. The van der Waals surface area contributed by atoms with Crippen molar-refractivity contribution in [3.8, 4) is 28.7 Å². The zero-order chi connectivity index (χ0) is 28.2. The highest BCUT2D eigenvalue weighted by Gasteiger charge is 2.31. The molecular weight excluding hydrogens is 512 g/mol. The van der Waals surface area contributed by atoms with Crippen LogP contribution in [0.4, 0.5) is 0 Å². The highest BCUT2D eigenvalue weighted by molar-refractivity contribution is 5.67. The highest BCUT2D eigenvalue weighted by Crippen LogP contribution is 2.41. The zero-order valence-electron chi connectivity index (χ0n) is 23.3. The van der Waals surface area contributed by atoms with Crippen LogP contribution in [0, 0.1) is 18.3 Å². The Balaban J connectivity index is 1.30. The van der Waals surface area contributed by atoms with Crippen molar-refractivity contribution < 1.29 is 14.6 Å². The second kappa shape index (κ2) is 12.1. The molecule has 1 aliphatic carbocycles. The van der Waals surface area contributed by atoms with Crippen LogP contribution in [-0.4, -0.2) is 39.2 Å². The molecule has 0 amide bonds. The first-order chi connectivity index (χ1) is 20.1. The first kappa shape index (κ1) is 26.9. The maximum absolute atomic E-state index is 9.81. The smallest absolute Gasteiger partial charge is 0.128 e. The molecule has 2 aliphatic rings. The fourth-order valence-electron chi connectivity index (χ4n) is 5.95. The van der Waals surface area contributed by atoms with Gasteiger partial charge in [0.1, 0.15) is 30.8 Å². The molecular formula is C34H34N4O3. The number of aliphatic hydroxyl groups is 1. The summed E-state index contributed by atoms with van der Waals surface area (Å²) in [5.41, 5.74) is 9.69. The van der Waals surface area contributed by atoms with E-state index >= 15 is 0 Å². The van der Waals surface area contributed by atoms with Crippen molar-refractivity contribution >= 4 is 0 Å². The lowest BCUT2D eigenvalue weighted by Gasteiger charge is -2.40. The van der Waals surface area contributed by atoms with Gasteiger partial charge in [0.05, 0.1) is 12.2 Å². The normalized spacial score (nSPS) is 16.1. The van der Waals surface area contributed by atoms with Crippen LogP contribution in [0.1, 0.15) is 51.8 Å². The van der Waals surface area contributed by atoms with E-state index in [4.69, 9.17) is 9.47 Å². The van der Waals surface area contributed by atoms with Crippen molar-refractivity contribution in [3.63, 3.8) is 0 Å². The van der Waals surface area contributed by atoms with E-state index in [-0.39, 0.29) is 12.6 Å². The van der Waals surface area contributed by atoms with Gasteiger partial charge in [-0.3, -0.25) is 14.9 Å². The van der Waals surface area contributed by atoms with Gasteiger partial charge in [0.15, 0.2) is 0 Å². The van der Waals surface area contributed by atoms with Crippen molar-refractivity contribution in [2.24, 2.45) is 0 Å². The molecule has 1 unspecified atom stereocenters. The quantitative estimate of drug-likeness (QED) is 0.279. The minimum absolute atomic E-state index is 0.170. The predicted molar refractivity (Wildman–Crippen MR) is 156 cm³/mol. The third-order valence-electron chi connectivity index (χ3n) is 8.40. The number of aliphatic hydroxyl groups excluding tert-OH is 1. The summed E-state index contributed by atoms with van der Waals surface area (Å²) in [6, 6.07) is 16.6. The molecule has 6 rings (SSSR count). The van der Waals surface area contributed by atoms with Gasteiger partial charge in [0, 0.05) is 66.7 Å². The lowest BCUT2D eigenvalue weighted by molar-refractivity contribution is 0.0346. The number of hydrogen-bond donors (Lipinski definition) is 1. The third kappa shape index (κ3) is 5.67. The largest absolute Gasteiger partial charge is 0.488 e. The molecule has 1 N–H and O–H groups in total. The van der Waals surface area contributed by atoms with Crippen LogP contribution in [0.2, 0.25) is 0 Å². The summed E-state index contributed by atoms with van der Waals surface area (Å²) in [4.78, 5) is 10.8. The first-order valence-corrected chi connectivity index (χ1v) is 14.3. The van der Waals surface area contributed by atoms with Crippen molar-refractivity contribution in [2.75, 3.05) is 13.2 Å². The molecule has 3 heterocycles. The van der Waals surface area contributed by atoms with E-state index in [1.165, 1.54) is 22.3 Å². The Morgan fingerprint density at radius 3 is 2.66 bits per heavy atom. The highest BCUT2D eigenvalue weighted by atomic mass is 16.5. The van der Waals surface area contributed by atoms with E-state index in [0.29, 0.717) is 18.8 Å². The second-order valence-electron chi connectivity index (χ2n) is 10.9. The third-order valence-corrected chi connectivity index (χ3v) is 8.40. The Kier molecular flexibility index (Phi) is 7.95. The van der Waals surface area contributed by atoms with Gasteiger partial charge >= 0.3 is 0 Å². The van der Waals surface area contributed by atoms with Gasteiger partial charge in [-0.15, -0.1) is 0 Å². The molecule has 1 fully saturated rings. The molecule has 0 bridgehead atoms. The van der Waals surface area contributed by atoms with E-state index < -0.39 is 0 Å². The topological polar surface area (TPSA) is 91.5 Å². The van der Waals surface area contributed by atoms with Crippen LogP contribution in [0.3, 0.4) is 0 Å². The van der Waals surface area contributed by atoms with Gasteiger partial charge in [0.2, 0.25) is 0 Å². The fraction of sp³-hybridized carbons (Fsp3) is 0.324. The standard InChI is InChI=1S/C34H34N4O3/c1-23-27(5-2-7-29(23)26-6-4-11-36-18-26)22-41-33-14-34(40-21-25-13-24(15-35)16-37-17-25)32(30-8-3-9-31(30)33)19-38-12-10-28(38)20-39/h2,4-7,11,13-14,16-18,28,39H,3,8-10,12,19-22H2,1H3. The van der Waals surface area contributed by atoms with E-state index in [1.54, 1.807) is 18.6 Å². The predicted octanol–water partition coefficient (Wildman–Crippen LogP) is 5.54. The average Bonchev–Trinajstić information content (AvgIpc) is 3.49. The summed E-state index contributed by atoms with van der Waals surface area (Å²) in [6.07, 6.45) is 11.0. The zero-order valence-corrected chi connectivity index (χ0v) is 23.3. The molecule has 7 nitrogen and oxygen atoms in total. The van der Waals surface area contributed by atoms with E-state index in [9.17, 15) is 10.4 Å². The maximum Gasteiger partial charge on any atom is 0.128 e. The van der Waals surface area contributed by atoms with Crippen LogP contribution in [-0.2, 0) is 32.6 Å². The van der Waals surface area contributed by atoms with Crippen LogP contribution >= 0.6 is 0 Å². The summed E-state index contributed by atoms with van der Waals surface area (Å²) in [6.45, 7) is 4.78. The number of rotatable bonds is 10. The number of pyridine rings is 2. The maximum atomic E-state index is 9.81.